The summed E-state index contributed by atoms with van der Waals surface area (Å²) in [6, 6.07) is 4.66. The molecule has 2 atom stereocenters. The van der Waals surface area contributed by atoms with Gasteiger partial charge in [0.25, 0.3) is 5.91 Å². The Hall–Kier alpha value is -1.93. The van der Waals surface area contributed by atoms with Gasteiger partial charge in [-0.15, -0.1) is 0 Å². The van der Waals surface area contributed by atoms with E-state index >= 15 is 0 Å². The van der Waals surface area contributed by atoms with Crippen molar-refractivity contribution in [1.29, 1.82) is 0 Å². The van der Waals surface area contributed by atoms with Crippen molar-refractivity contribution in [2.24, 2.45) is 5.92 Å². The fourth-order valence-electron chi connectivity index (χ4n) is 2.94. The second-order valence-electron chi connectivity index (χ2n) is 6.66. The molecule has 1 amide bonds. The highest BCUT2D eigenvalue weighted by Crippen LogP contribution is 2.21. The van der Waals surface area contributed by atoms with Gasteiger partial charge < -0.3 is 10.4 Å². The Morgan fingerprint density at radius 1 is 1.15 bits per heavy atom. The minimum atomic E-state index is -3.55. The molecule has 0 spiro atoms. The molecule has 0 saturated carbocycles. The van der Waals surface area contributed by atoms with Gasteiger partial charge in [-0.1, -0.05) is 26.7 Å². The first-order valence-corrected chi connectivity index (χ1v) is 10.3. The quantitative estimate of drug-likeness (QED) is 0.751. The second-order valence-corrected chi connectivity index (χ2v) is 8.60. The van der Waals surface area contributed by atoms with Crippen molar-refractivity contribution in [2.75, 3.05) is 13.1 Å². The minimum absolute atomic E-state index is 0.146. The lowest BCUT2D eigenvalue weighted by Crippen LogP contribution is -2.45. The first-order chi connectivity index (χ1) is 12.3. The van der Waals surface area contributed by atoms with Crippen LogP contribution in [-0.4, -0.2) is 48.8 Å². The number of hydrogen-bond donors (Lipinski definition) is 2. The maximum atomic E-state index is 12.6. The smallest absolute Gasteiger partial charge is 0.326 e. The predicted octanol–water partition coefficient (Wildman–Crippen LogP) is 2.09. The lowest BCUT2D eigenvalue weighted by Gasteiger charge is -2.26. The van der Waals surface area contributed by atoms with Gasteiger partial charge in [-0.05, 0) is 43.0 Å². The molecule has 2 rings (SSSR count). The summed E-state index contributed by atoms with van der Waals surface area (Å²) < 4.78 is 26.7. The molecule has 1 aromatic rings. The van der Waals surface area contributed by atoms with Crippen LogP contribution in [0.5, 0.6) is 0 Å². The molecular formula is C18H26N2O5S. The standard InChI is InChI=1S/C18H26N2O5S/c1-3-13(2)16(18(22)23)19-17(21)14-7-9-15(10-8-14)26(24,25)20-11-5-4-6-12-20/h7-10,13,16H,3-6,11-12H2,1-2H3,(H,19,21)(H,22,23)/t13-,16-/m0/s1. The second kappa shape index (κ2) is 8.64. The van der Waals surface area contributed by atoms with Gasteiger partial charge in [0.1, 0.15) is 6.04 Å². The van der Waals surface area contributed by atoms with Crippen LogP contribution in [-0.2, 0) is 14.8 Å². The number of carbonyl (C=O) groups is 2. The van der Waals surface area contributed by atoms with Gasteiger partial charge in [0, 0.05) is 18.7 Å². The molecule has 0 aromatic heterocycles. The van der Waals surface area contributed by atoms with E-state index in [0.717, 1.165) is 19.3 Å². The number of piperidine rings is 1. The molecule has 7 nitrogen and oxygen atoms in total. The Morgan fingerprint density at radius 2 is 1.73 bits per heavy atom. The molecule has 2 N–H and O–H groups in total. The number of carbonyl (C=O) groups excluding carboxylic acids is 1. The summed E-state index contributed by atoms with van der Waals surface area (Å²) >= 11 is 0. The fourth-order valence-corrected chi connectivity index (χ4v) is 4.46. The first kappa shape index (κ1) is 20.4. The third kappa shape index (κ3) is 4.62. The van der Waals surface area contributed by atoms with E-state index in [2.05, 4.69) is 5.32 Å². The number of amides is 1. The van der Waals surface area contributed by atoms with E-state index in [1.807, 2.05) is 6.92 Å². The van der Waals surface area contributed by atoms with Crippen LogP contribution in [0.2, 0.25) is 0 Å². The Balaban J connectivity index is 2.13. The molecule has 1 aliphatic heterocycles. The number of nitrogens with zero attached hydrogens (tertiary/aromatic N) is 1. The van der Waals surface area contributed by atoms with Crippen molar-refractivity contribution in [1.82, 2.24) is 9.62 Å². The number of carboxylic acids is 1. The molecule has 1 aromatic carbocycles. The van der Waals surface area contributed by atoms with Gasteiger partial charge in [0.05, 0.1) is 4.90 Å². The zero-order chi connectivity index (χ0) is 19.3. The summed E-state index contributed by atoms with van der Waals surface area (Å²) in [5, 5.41) is 11.8. The zero-order valence-electron chi connectivity index (χ0n) is 15.1. The normalized spacial score (nSPS) is 18.1. The van der Waals surface area contributed by atoms with E-state index in [0.29, 0.717) is 19.5 Å². The molecule has 1 aliphatic rings. The summed E-state index contributed by atoms with van der Waals surface area (Å²) in [6.07, 6.45) is 3.36. The summed E-state index contributed by atoms with van der Waals surface area (Å²) in [4.78, 5) is 23.8. The highest BCUT2D eigenvalue weighted by molar-refractivity contribution is 7.89. The maximum absolute atomic E-state index is 12.6. The van der Waals surface area contributed by atoms with Crippen LogP contribution in [0.15, 0.2) is 29.2 Å². The molecule has 8 heteroatoms. The average molecular weight is 382 g/mol. The van der Waals surface area contributed by atoms with Crippen molar-refractivity contribution in [3.8, 4) is 0 Å². The van der Waals surface area contributed by atoms with Crippen LogP contribution in [0.25, 0.3) is 0 Å². The van der Waals surface area contributed by atoms with Crippen molar-refractivity contribution >= 4 is 21.9 Å². The maximum Gasteiger partial charge on any atom is 0.326 e. The Morgan fingerprint density at radius 3 is 2.23 bits per heavy atom. The number of carboxylic acid groups (broad SMARTS) is 1. The first-order valence-electron chi connectivity index (χ1n) is 8.91. The van der Waals surface area contributed by atoms with E-state index in [1.54, 1.807) is 6.92 Å². The topological polar surface area (TPSA) is 104 Å². The van der Waals surface area contributed by atoms with Crippen LogP contribution in [0, 0.1) is 5.92 Å². The number of hydrogen-bond acceptors (Lipinski definition) is 4. The molecule has 0 radical (unpaired) electrons. The fraction of sp³-hybridized carbons (Fsp3) is 0.556. The molecule has 0 unspecified atom stereocenters. The van der Waals surface area contributed by atoms with E-state index in [1.165, 1.54) is 28.6 Å². The highest BCUT2D eigenvalue weighted by atomic mass is 32.2. The van der Waals surface area contributed by atoms with Crippen molar-refractivity contribution < 1.29 is 23.1 Å². The molecule has 0 bridgehead atoms. The van der Waals surface area contributed by atoms with Gasteiger partial charge in [0.15, 0.2) is 0 Å². The number of aliphatic carboxylic acids is 1. The molecular weight excluding hydrogens is 356 g/mol. The number of nitrogens with one attached hydrogen (secondary N) is 1. The average Bonchev–Trinajstić information content (AvgIpc) is 2.65. The van der Waals surface area contributed by atoms with Crippen molar-refractivity contribution in [2.45, 2.75) is 50.5 Å². The van der Waals surface area contributed by atoms with Crippen LogP contribution >= 0.6 is 0 Å². The summed E-state index contributed by atoms with van der Waals surface area (Å²) in [6.45, 7) is 4.64. The van der Waals surface area contributed by atoms with E-state index < -0.39 is 27.9 Å². The lowest BCUT2D eigenvalue weighted by atomic mass is 9.99. The molecule has 1 saturated heterocycles. The van der Waals surface area contributed by atoms with Crippen molar-refractivity contribution in [3.63, 3.8) is 0 Å². The van der Waals surface area contributed by atoms with Crippen LogP contribution in [0.1, 0.15) is 49.9 Å². The van der Waals surface area contributed by atoms with Gasteiger partial charge in [0.2, 0.25) is 10.0 Å². The minimum Gasteiger partial charge on any atom is -0.480 e. The number of rotatable bonds is 7. The summed E-state index contributed by atoms with van der Waals surface area (Å²) in [5.74, 6) is -1.83. The molecule has 1 fully saturated rings. The monoisotopic (exact) mass is 382 g/mol. The third-order valence-electron chi connectivity index (χ3n) is 4.83. The zero-order valence-corrected chi connectivity index (χ0v) is 16.0. The van der Waals surface area contributed by atoms with Crippen molar-refractivity contribution in [3.05, 3.63) is 29.8 Å². The summed E-state index contributed by atoms with van der Waals surface area (Å²) in [7, 11) is -3.55. The predicted molar refractivity (Wildman–Crippen MR) is 97.4 cm³/mol. The van der Waals surface area contributed by atoms with Gasteiger partial charge in [-0.25, -0.2) is 13.2 Å². The Labute approximate surface area is 154 Å². The van der Waals surface area contributed by atoms with Gasteiger partial charge in [-0.3, -0.25) is 4.79 Å². The summed E-state index contributed by atoms with van der Waals surface area (Å²) in [5.41, 5.74) is 0.233. The van der Waals surface area contributed by atoms with Crippen LogP contribution in [0.3, 0.4) is 0 Å². The molecule has 144 valence electrons. The van der Waals surface area contributed by atoms with Crippen LogP contribution < -0.4 is 5.32 Å². The van der Waals surface area contributed by atoms with Gasteiger partial charge in [-0.2, -0.15) is 4.31 Å². The van der Waals surface area contributed by atoms with E-state index in [9.17, 15) is 23.1 Å². The number of sulfonamides is 1. The largest absolute Gasteiger partial charge is 0.480 e. The van der Waals surface area contributed by atoms with Crippen LogP contribution in [0.4, 0.5) is 0 Å². The number of benzene rings is 1. The SMILES string of the molecule is CC[C@H](C)[C@H](NC(=O)c1ccc(S(=O)(=O)N2CCCCC2)cc1)C(=O)O. The lowest BCUT2D eigenvalue weighted by molar-refractivity contribution is -0.140. The Bertz CT molecular complexity index is 739. The van der Waals surface area contributed by atoms with Gasteiger partial charge >= 0.3 is 5.97 Å². The third-order valence-corrected chi connectivity index (χ3v) is 6.75. The molecule has 0 aliphatic carbocycles. The molecule has 26 heavy (non-hydrogen) atoms. The van der Waals surface area contributed by atoms with E-state index in [4.69, 9.17) is 0 Å². The molecule has 1 heterocycles. The van der Waals surface area contributed by atoms with E-state index in [-0.39, 0.29) is 16.4 Å². The highest BCUT2D eigenvalue weighted by Gasteiger charge is 2.27. The Kier molecular flexibility index (Phi) is 6.77.